The van der Waals surface area contributed by atoms with Gasteiger partial charge < -0.3 is 5.32 Å². The molecule has 0 radical (unpaired) electrons. The Kier molecular flexibility index (Phi) is 3.57. The molecule has 2 nitrogen and oxygen atoms in total. The van der Waals surface area contributed by atoms with Gasteiger partial charge in [-0.1, -0.05) is 19.1 Å². The molecule has 17 heavy (non-hydrogen) atoms. The van der Waals surface area contributed by atoms with Crippen LogP contribution in [0.15, 0.2) is 24.3 Å². The largest absolute Gasteiger partial charge is 0.317 e. The number of rotatable bonds is 3. The number of benzene rings is 1. The molecular weight excluding hydrogens is 217 g/mol. The van der Waals surface area contributed by atoms with Crippen LogP contribution in [0.5, 0.6) is 0 Å². The van der Waals surface area contributed by atoms with E-state index in [1.807, 2.05) is 6.92 Å². The molecule has 0 saturated carbocycles. The smallest absolute Gasteiger partial charge is 0.143 e. The number of nitrogens with one attached hydrogen (secondary N) is 1. The molecule has 2 rings (SSSR count). The second-order valence-corrected chi connectivity index (χ2v) is 4.62. The lowest BCUT2D eigenvalue weighted by Crippen LogP contribution is -2.45. The van der Waals surface area contributed by atoms with Crippen LogP contribution in [0.3, 0.4) is 0 Å². The van der Waals surface area contributed by atoms with Gasteiger partial charge in [0.25, 0.3) is 0 Å². The van der Waals surface area contributed by atoms with Gasteiger partial charge in [-0.2, -0.15) is 0 Å². The number of hydrogen-bond acceptors (Lipinski definition) is 2. The molecule has 1 saturated heterocycles. The predicted molar refractivity (Wildman–Crippen MR) is 65.5 cm³/mol. The molecule has 1 N–H and O–H groups in total. The summed E-state index contributed by atoms with van der Waals surface area (Å²) in [6.45, 7) is 3.60. The molecular formula is C14H18FNO. The number of halogens is 1. The van der Waals surface area contributed by atoms with Crippen LogP contribution in [0.1, 0.15) is 31.7 Å². The van der Waals surface area contributed by atoms with Crippen molar-refractivity contribution in [1.29, 1.82) is 0 Å². The zero-order chi connectivity index (χ0) is 12.3. The van der Waals surface area contributed by atoms with Crippen molar-refractivity contribution in [2.75, 3.05) is 13.1 Å². The Morgan fingerprint density at radius 1 is 1.29 bits per heavy atom. The zero-order valence-electron chi connectivity index (χ0n) is 10.1. The van der Waals surface area contributed by atoms with E-state index in [0.717, 1.165) is 31.5 Å². The fraction of sp³-hybridized carbons (Fsp3) is 0.500. The van der Waals surface area contributed by atoms with Gasteiger partial charge in [0.2, 0.25) is 0 Å². The number of carbonyl (C=O) groups is 1. The Morgan fingerprint density at radius 3 is 2.41 bits per heavy atom. The minimum absolute atomic E-state index is 0.248. The van der Waals surface area contributed by atoms with E-state index in [9.17, 15) is 9.18 Å². The average Bonchev–Trinajstić information content (AvgIpc) is 2.39. The monoisotopic (exact) mass is 235 g/mol. The van der Waals surface area contributed by atoms with E-state index in [1.165, 1.54) is 12.1 Å². The molecule has 0 atom stereocenters. The fourth-order valence-corrected chi connectivity index (χ4v) is 2.69. The molecule has 0 bridgehead atoms. The summed E-state index contributed by atoms with van der Waals surface area (Å²) in [4.78, 5) is 12.3. The summed E-state index contributed by atoms with van der Waals surface area (Å²) in [6.07, 6.45) is 2.16. The van der Waals surface area contributed by atoms with Gasteiger partial charge in [-0.3, -0.25) is 4.79 Å². The lowest BCUT2D eigenvalue weighted by molar-refractivity contribution is -0.125. The fourth-order valence-electron chi connectivity index (χ4n) is 2.69. The van der Waals surface area contributed by atoms with E-state index in [-0.39, 0.29) is 11.6 Å². The van der Waals surface area contributed by atoms with Gasteiger partial charge in [0.1, 0.15) is 11.6 Å². The first-order valence-electron chi connectivity index (χ1n) is 6.19. The van der Waals surface area contributed by atoms with Crippen LogP contribution in [-0.2, 0) is 10.2 Å². The lowest BCUT2D eigenvalue weighted by atomic mass is 9.69. The van der Waals surface area contributed by atoms with E-state index < -0.39 is 5.41 Å². The van der Waals surface area contributed by atoms with Crippen molar-refractivity contribution in [2.24, 2.45) is 0 Å². The summed E-state index contributed by atoms with van der Waals surface area (Å²) in [7, 11) is 0. The van der Waals surface area contributed by atoms with Crippen molar-refractivity contribution in [3.8, 4) is 0 Å². The molecule has 1 aliphatic rings. The van der Waals surface area contributed by atoms with Gasteiger partial charge in [0.05, 0.1) is 5.41 Å². The Bertz CT molecular complexity index is 393. The van der Waals surface area contributed by atoms with Crippen LogP contribution in [0.4, 0.5) is 4.39 Å². The first-order valence-corrected chi connectivity index (χ1v) is 6.19. The minimum Gasteiger partial charge on any atom is -0.317 e. The molecule has 1 aromatic rings. The van der Waals surface area contributed by atoms with Gasteiger partial charge in [-0.15, -0.1) is 0 Å². The molecule has 0 spiro atoms. The first-order chi connectivity index (χ1) is 8.19. The highest BCUT2D eigenvalue weighted by molar-refractivity contribution is 5.90. The standard InChI is InChI=1S/C14H18FNO/c1-2-13(17)14(7-9-16-10-8-14)11-3-5-12(15)6-4-11/h3-6,16H,2,7-10H2,1H3. The maximum atomic E-state index is 13.0. The van der Waals surface area contributed by atoms with Gasteiger partial charge in [0, 0.05) is 6.42 Å². The normalized spacial score (nSPS) is 18.9. The maximum absolute atomic E-state index is 13.0. The van der Waals surface area contributed by atoms with E-state index >= 15 is 0 Å². The summed E-state index contributed by atoms with van der Waals surface area (Å²) in [5, 5.41) is 3.27. The van der Waals surface area contributed by atoms with Crippen LogP contribution in [0, 0.1) is 5.82 Å². The van der Waals surface area contributed by atoms with Crippen LogP contribution in [0.25, 0.3) is 0 Å². The molecule has 1 aliphatic heterocycles. The Balaban J connectivity index is 2.38. The van der Waals surface area contributed by atoms with E-state index in [0.29, 0.717) is 6.42 Å². The first kappa shape index (κ1) is 12.2. The Morgan fingerprint density at radius 2 is 1.88 bits per heavy atom. The number of piperidine rings is 1. The SMILES string of the molecule is CCC(=O)C1(c2ccc(F)cc2)CCNCC1. The average molecular weight is 235 g/mol. The lowest BCUT2D eigenvalue weighted by Gasteiger charge is -2.36. The summed E-state index contributed by atoms with van der Waals surface area (Å²) < 4.78 is 13.0. The maximum Gasteiger partial charge on any atom is 0.143 e. The van der Waals surface area contributed by atoms with Gasteiger partial charge in [-0.25, -0.2) is 4.39 Å². The van der Waals surface area contributed by atoms with E-state index in [2.05, 4.69) is 5.32 Å². The molecule has 0 unspecified atom stereocenters. The van der Waals surface area contributed by atoms with Crippen LogP contribution in [0.2, 0.25) is 0 Å². The summed E-state index contributed by atoms with van der Waals surface area (Å²) >= 11 is 0. The second kappa shape index (κ2) is 4.96. The van der Waals surface area contributed by atoms with Gasteiger partial charge >= 0.3 is 0 Å². The number of Topliss-reactive ketones (excluding diaryl/α,β-unsaturated/α-hetero) is 1. The van der Waals surface area contributed by atoms with Crippen molar-refractivity contribution in [3.05, 3.63) is 35.6 Å². The molecule has 0 amide bonds. The van der Waals surface area contributed by atoms with Crippen LogP contribution < -0.4 is 5.32 Å². The number of carbonyl (C=O) groups excluding carboxylic acids is 1. The van der Waals surface area contributed by atoms with Crippen LogP contribution in [-0.4, -0.2) is 18.9 Å². The van der Waals surface area contributed by atoms with Crippen molar-refractivity contribution >= 4 is 5.78 Å². The zero-order valence-corrected chi connectivity index (χ0v) is 10.1. The Labute approximate surface area is 101 Å². The van der Waals surface area contributed by atoms with Crippen LogP contribution >= 0.6 is 0 Å². The summed E-state index contributed by atoms with van der Waals surface area (Å²) in [6, 6.07) is 6.41. The highest BCUT2D eigenvalue weighted by Crippen LogP contribution is 2.35. The number of hydrogen-bond donors (Lipinski definition) is 1. The highest BCUT2D eigenvalue weighted by Gasteiger charge is 2.39. The highest BCUT2D eigenvalue weighted by atomic mass is 19.1. The third-order valence-corrected chi connectivity index (χ3v) is 3.71. The molecule has 92 valence electrons. The molecule has 1 aromatic carbocycles. The predicted octanol–water partition coefficient (Wildman–Crippen LogP) is 2.43. The van der Waals surface area contributed by atoms with Crippen molar-refractivity contribution in [3.63, 3.8) is 0 Å². The topological polar surface area (TPSA) is 29.1 Å². The quantitative estimate of drug-likeness (QED) is 0.871. The molecule has 3 heteroatoms. The van der Waals surface area contributed by atoms with Crippen molar-refractivity contribution in [1.82, 2.24) is 5.32 Å². The van der Waals surface area contributed by atoms with E-state index in [4.69, 9.17) is 0 Å². The van der Waals surface area contributed by atoms with Crippen molar-refractivity contribution in [2.45, 2.75) is 31.6 Å². The van der Waals surface area contributed by atoms with Gasteiger partial charge in [-0.05, 0) is 43.6 Å². The van der Waals surface area contributed by atoms with Crippen molar-refractivity contribution < 1.29 is 9.18 Å². The van der Waals surface area contributed by atoms with E-state index in [1.54, 1.807) is 12.1 Å². The minimum atomic E-state index is -0.395. The van der Waals surface area contributed by atoms with Gasteiger partial charge in [0.15, 0.2) is 0 Å². The molecule has 0 aromatic heterocycles. The molecule has 0 aliphatic carbocycles. The molecule has 1 fully saturated rings. The summed E-state index contributed by atoms with van der Waals surface area (Å²) in [5.41, 5.74) is 0.570. The molecule has 1 heterocycles. The summed E-state index contributed by atoms with van der Waals surface area (Å²) in [5.74, 6) is 0.0207. The Hall–Kier alpha value is -1.22. The second-order valence-electron chi connectivity index (χ2n) is 4.62. The third kappa shape index (κ3) is 2.25. The number of ketones is 1. The third-order valence-electron chi connectivity index (χ3n) is 3.71.